The Labute approximate surface area is 172 Å². The zero-order valence-corrected chi connectivity index (χ0v) is 16.4. The van der Waals surface area contributed by atoms with Crippen LogP contribution in [0.3, 0.4) is 0 Å². The highest BCUT2D eigenvalue weighted by atomic mass is 19.1. The van der Waals surface area contributed by atoms with Crippen LogP contribution < -0.4 is 0 Å². The van der Waals surface area contributed by atoms with Gasteiger partial charge in [0.05, 0.1) is 23.8 Å². The van der Waals surface area contributed by atoms with Crippen molar-refractivity contribution in [2.75, 3.05) is 20.2 Å². The summed E-state index contributed by atoms with van der Waals surface area (Å²) >= 11 is 0. The highest BCUT2D eigenvalue weighted by molar-refractivity contribution is 6.22. The summed E-state index contributed by atoms with van der Waals surface area (Å²) in [6.07, 6.45) is 1.53. The number of amides is 3. The van der Waals surface area contributed by atoms with Gasteiger partial charge in [0.1, 0.15) is 11.6 Å². The molecule has 4 rings (SSSR count). The molecule has 0 aliphatic carbocycles. The van der Waals surface area contributed by atoms with Crippen molar-refractivity contribution in [1.29, 1.82) is 0 Å². The Morgan fingerprint density at radius 2 is 1.90 bits per heavy atom. The van der Waals surface area contributed by atoms with E-state index in [0.29, 0.717) is 6.61 Å². The van der Waals surface area contributed by atoms with Crippen molar-refractivity contribution in [2.45, 2.75) is 25.5 Å². The molecule has 8 heteroatoms. The number of carbonyl (C=O) groups is 3. The monoisotopic (exact) mass is 414 g/mol. The van der Waals surface area contributed by atoms with Crippen LogP contribution in [0.15, 0.2) is 36.4 Å². The van der Waals surface area contributed by atoms with Gasteiger partial charge in [0.2, 0.25) is 0 Å². The van der Waals surface area contributed by atoms with Gasteiger partial charge in [-0.25, -0.2) is 8.78 Å². The van der Waals surface area contributed by atoms with Crippen LogP contribution in [0.25, 0.3) is 0 Å². The Morgan fingerprint density at radius 1 is 1.13 bits per heavy atom. The van der Waals surface area contributed by atoms with Gasteiger partial charge >= 0.3 is 0 Å². The fourth-order valence-electron chi connectivity index (χ4n) is 3.78. The van der Waals surface area contributed by atoms with Crippen LogP contribution in [0.5, 0.6) is 0 Å². The van der Waals surface area contributed by atoms with E-state index < -0.39 is 29.4 Å². The number of halogens is 2. The molecule has 1 fully saturated rings. The summed E-state index contributed by atoms with van der Waals surface area (Å²) in [6, 6.07) is 7.49. The normalized spacial score (nSPS) is 18.1. The number of ether oxygens (including phenoxy) is 1. The molecule has 0 bridgehead atoms. The first kappa shape index (κ1) is 20.2. The maximum atomic E-state index is 13.9. The second-order valence-electron chi connectivity index (χ2n) is 7.51. The number of nitrogens with zero attached hydrogens (tertiary/aromatic N) is 2. The van der Waals surface area contributed by atoms with Gasteiger partial charge in [0.25, 0.3) is 17.7 Å². The highest BCUT2D eigenvalue weighted by Crippen LogP contribution is 2.26. The number of carbonyl (C=O) groups excluding carboxylic acids is 3. The Hall–Kier alpha value is -3.13. The van der Waals surface area contributed by atoms with E-state index in [9.17, 15) is 23.2 Å². The summed E-state index contributed by atoms with van der Waals surface area (Å²) in [5, 5.41) is 0. The van der Waals surface area contributed by atoms with Gasteiger partial charge in [-0.1, -0.05) is 6.07 Å². The summed E-state index contributed by atoms with van der Waals surface area (Å²) in [7, 11) is 1.48. The minimum absolute atomic E-state index is 0.0694. The second-order valence-corrected chi connectivity index (χ2v) is 7.51. The number of hydrogen-bond acceptors (Lipinski definition) is 4. The third-order valence-electron chi connectivity index (χ3n) is 5.40. The summed E-state index contributed by atoms with van der Waals surface area (Å²) < 4.78 is 32.5. The predicted octanol–water partition coefficient (Wildman–Crippen LogP) is 3.01. The molecule has 30 heavy (non-hydrogen) atoms. The Kier molecular flexibility index (Phi) is 5.34. The average Bonchev–Trinajstić information content (AvgIpc) is 3.32. The third-order valence-corrected chi connectivity index (χ3v) is 5.40. The minimum Gasteiger partial charge on any atom is -0.376 e. The van der Waals surface area contributed by atoms with Crippen LogP contribution in [-0.4, -0.2) is 53.8 Å². The molecule has 0 aromatic heterocycles. The zero-order valence-electron chi connectivity index (χ0n) is 16.4. The quantitative estimate of drug-likeness (QED) is 0.706. The molecule has 2 aromatic rings. The Morgan fingerprint density at radius 3 is 2.60 bits per heavy atom. The van der Waals surface area contributed by atoms with E-state index in [1.807, 2.05) is 0 Å². The molecule has 2 heterocycles. The fraction of sp³-hybridized carbons (Fsp3) is 0.318. The van der Waals surface area contributed by atoms with Gasteiger partial charge in [0.15, 0.2) is 0 Å². The molecule has 0 N–H and O–H groups in total. The lowest BCUT2D eigenvalue weighted by atomic mass is 10.0. The first-order valence-corrected chi connectivity index (χ1v) is 9.66. The topological polar surface area (TPSA) is 66.9 Å². The number of hydrogen-bond donors (Lipinski definition) is 0. The van der Waals surface area contributed by atoms with Gasteiger partial charge in [-0.15, -0.1) is 0 Å². The number of fused-ring (bicyclic) bond motifs is 1. The molecule has 1 atom stereocenters. The summed E-state index contributed by atoms with van der Waals surface area (Å²) in [6.45, 7) is 0.743. The van der Waals surface area contributed by atoms with Crippen LogP contribution in [-0.2, 0) is 11.3 Å². The Bertz CT molecular complexity index is 1030. The maximum Gasteiger partial charge on any atom is 0.261 e. The first-order valence-electron chi connectivity index (χ1n) is 9.66. The number of benzene rings is 2. The van der Waals surface area contributed by atoms with Gasteiger partial charge in [-0.3, -0.25) is 19.3 Å². The summed E-state index contributed by atoms with van der Waals surface area (Å²) in [4.78, 5) is 40.5. The molecule has 3 amide bonds. The SMILES string of the molecule is CN(Cc1ccc(F)cc1F)C(=O)c1ccc2c(c1)C(=O)N(CC1CCCO1)C2=O. The molecule has 2 aromatic carbocycles. The van der Waals surface area contributed by atoms with E-state index in [1.54, 1.807) is 0 Å². The molecule has 1 unspecified atom stereocenters. The molecular weight excluding hydrogens is 394 g/mol. The molecule has 0 spiro atoms. The molecule has 2 aliphatic rings. The lowest BCUT2D eigenvalue weighted by Crippen LogP contribution is -2.36. The molecule has 156 valence electrons. The van der Waals surface area contributed by atoms with Gasteiger partial charge in [-0.2, -0.15) is 0 Å². The lowest BCUT2D eigenvalue weighted by molar-refractivity contribution is 0.0475. The van der Waals surface area contributed by atoms with Crippen LogP contribution >= 0.6 is 0 Å². The van der Waals surface area contributed by atoms with E-state index in [0.717, 1.165) is 29.9 Å². The molecule has 2 aliphatic heterocycles. The highest BCUT2D eigenvalue weighted by Gasteiger charge is 2.38. The van der Waals surface area contributed by atoms with Gasteiger partial charge in [0, 0.05) is 37.4 Å². The maximum absolute atomic E-state index is 13.9. The largest absolute Gasteiger partial charge is 0.376 e. The van der Waals surface area contributed by atoms with Crippen molar-refractivity contribution in [3.05, 3.63) is 70.3 Å². The van der Waals surface area contributed by atoms with E-state index in [2.05, 4.69) is 0 Å². The molecule has 1 saturated heterocycles. The Balaban J connectivity index is 1.51. The number of imide groups is 1. The molecular formula is C22H20F2N2O4. The minimum atomic E-state index is -0.742. The van der Waals surface area contributed by atoms with E-state index in [4.69, 9.17) is 4.74 Å². The van der Waals surface area contributed by atoms with E-state index >= 15 is 0 Å². The van der Waals surface area contributed by atoms with Crippen molar-refractivity contribution in [2.24, 2.45) is 0 Å². The van der Waals surface area contributed by atoms with Crippen LogP contribution in [0, 0.1) is 11.6 Å². The average molecular weight is 414 g/mol. The fourth-order valence-corrected chi connectivity index (χ4v) is 3.78. The zero-order chi connectivity index (χ0) is 21.4. The molecule has 0 radical (unpaired) electrons. The number of rotatable bonds is 5. The molecule has 0 saturated carbocycles. The van der Waals surface area contributed by atoms with Crippen molar-refractivity contribution < 1.29 is 27.9 Å². The summed E-state index contributed by atoms with van der Waals surface area (Å²) in [5.74, 6) is -2.73. The van der Waals surface area contributed by atoms with Crippen LogP contribution in [0.4, 0.5) is 8.78 Å². The summed E-state index contributed by atoms with van der Waals surface area (Å²) in [5.41, 5.74) is 0.799. The second kappa shape index (κ2) is 7.95. The first-order chi connectivity index (χ1) is 14.3. The standard InChI is InChI=1S/C22H20F2N2O4/c1-25(11-14-4-6-15(23)10-19(14)24)20(27)13-5-7-17-18(9-13)22(29)26(21(17)28)12-16-3-2-8-30-16/h4-7,9-10,16H,2-3,8,11-12H2,1H3. The van der Waals surface area contributed by atoms with Crippen molar-refractivity contribution in [3.8, 4) is 0 Å². The van der Waals surface area contributed by atoms with Crippen molar-refractivity contribution >= 4 is 17.7 Å². The van der Waals surface area contributed by atoms with Crippen molar-refractivity contribution in [3.63, 3.8) is 0 Å². The lowest BCUT2D eigenvalue weighted by Gasteiger charge is -2.18. The third kappa shape index (κ3) is 3.70. The smallest absolute Gasteiger partial charge is 0.261 e. The van der Waals surface area contributed by atoms with Gasteiger partial charge in [-0.05, 0) is 37.1 Å². The van der Waals surface area contributed by atoms with E-state index in [1.165, 1.54) is 36.2 Å². The van der Waals surface area contributed by atoms with Crippen LogP contribution in [0.2, 0.25) is 0 Å². The van der Waals surface area contributed by atoms with Crippen molar-refractivity contribution in [1.82, 2.24) is 9.80 Å². The predicted molar refractivity (Wildman–Crippen MR) is 103 cm³/mol. The molecule has 6 nitrogen and oxygen atoms in total. The van der Waals surface area contributed by atoms with Gasteiger partial charge < -0.3 is 9.64 Å². The van der Waals surface area contributed by atoms with E-state index in [-0.39, 0.29) is 41.4 Å². The van der Waals surface area contributed by atoms with Crippen LogP contribution in [0.1, 0.15) is 49.5 Å².